The average molecular weight is 523 g/mol. The van der Waals surface area contributed by atoms with Gasteiger partial charge in [-0.05, 0) is 30.3 Å². The van der Waals surface area contributed by atoms with Gasteiger partial charge in [-0.25, -0.2) is 13.4 Å². The zero-order valence-corrected chi connectivity index (χ0v) is 20.0. The molecule has 0 N–H and O–H groups in total. The number of piperazine rings is 1. The SMILES string of the molecule is O=S(=O)(c1cc(Cl)ccc1Cl)N1CCN(c2nc(-c3ccc(Cl)c(Cl)c3)cs2)CC1. The quantitative estimate of drug-likeness (QED) is 0.425. The number of halogens is 4. The lowest BCUT2D eigenvalue weighted by Gasteiger charge is -2.34. The van der Waals surface area contributed by atoms with E-state index in [2.05, 4.69) is 9.88 Å². The summed E-state index contributed by atoms with van der Waals surface area (Å²) in [5.74, 6) is 0. The Labute approximate surface area is 198 Å². The van der Waals surface area contributed by atoms with Crippen LogP contribution in [-0.4, -0.2) is 43.9 Å². The lowest BCUT2D eigenvalue weighted by atomic mass is 10.2. The first-order valence-corrected chi connectivity index (χ1v) is 12.7. The second-order valence-electron chi connectivity index (χ2n) is 6.61. The van der Waals surface area contributed by atoms with Crippen LogP contribution < -0.4 is 4.90 Å². The van der Waals surface area contributed by atoms with Crippen LogP contribution in [0.25, 0.3) is 11.3 Å². The van der Waals surface area contributed by atoms with Crippen molar-refractivity contribution in [3.63, 3.8) is 0 Å². The van der Waals surface area contributed by atoms with Gasteiger partial charge in [0.1, 0.15) is 4.90 Å². The van der Waals surface area contributed by atoms with Gasteiger partial charge in [0.05, 0.1) is 20.8 Å². The Bertz CT molecular complexity index is 1190. The average Bonchev–Trinajstić information content (AvgIpc) is 3.22. The molecule has 2 heterocycles. The molecule has 4 rings (SSSR count). The van der Waals surface area contributed by atoms with E-state index in [9.17, 15) is 8.42 Å². The lowest BCUT2D eigenvalue weighted by Crippen LogP contribution is -2.48. The minimum absolute atomic E-state index is 0.0290. The molecule has 0 amide bonds. The van der Waals surface area contributed by atoms with Crippen LogP contribution >= 0.6 is 57.7 Å². The van der Waals surface area contributed by atoms with E-state index in [4.69, 9.17) is 46.4 Å². The monoisotopic (exact) mass is 521 g/mol. The summed E-state index contributed by atoms with van der Waals surface area (Å²) in [5.41, 5.74) is 1.68. The van der Waals surface area contributed by atoms with E-state index in [-0.39, 0.29) is 9.92 Å². The highest BCUT2D eigenvalue weighted by atomic mass is 35.5. The maximum Gasteiger partial charge on any atom is 0.244 e. The predicted molar refractivity (Wildman–Crippen MR) is 125 cm³/mol. The Hall–Kier alpha value is -1.06. The zero-order chi connectivity index (χ0) is 21.5. The van der Waals surface area contributed by atoms with Gasteiger partial charge in [0.2, 0.25) is 10.0 Å². The van der Waals surface area contributed by atoms with E-state index in [1.54, 1.807) is 18.2 Å². The fourth-order valence-electron chi connectivity index (χ4n) is 3.13. The molecule has 0 aliphatic carbocycles. The maximum absolute atomic E-state index is 13.0. The molecule has 1 aliphatic heterocycles. The number of nitrogens with zero attached hydrogens (tertiary/aromatic N) is 3. The molecule has 158 valence electrons. The highest BCUT2D eigenvalue weighted by Gasteiger charge is 2.31. The molecule has 1 aromatic heterocycles. The number of hydrogen-bond acceptors (Lipinski definition) is 5. The Morgan fingerprint density at radius 3 is 2.27 bits per heavy atom. The van der Waals surface area contributed by atoms with E-state index in [1.165, 1.54) is 27.8 Å². The van der Waals surface area contributed by atoms with Crippen molar-refractivity contribution < 1.29 is 8.42 Å². The maximum atomic E-state index is 13.0. The van der Waals surface area contributed by atoms with Crippen molar-refractivity contribution in [1.82, 2.24) is 9.29 Å². The number of sulfonamides is 1. The molecule has 0 bridgehead atoms. The standard InChI is InChI=1S/C19H15Cl4N3O2S2/c20-13-2-4-15(22)18(10-13)30(27,28)26-7-5-25(6-8-26)19-24-17(11-29-19)12-1-3-14(21)16(23)9-12/h1-4,9-11H,5-8H2. The number of anilines is 1. The lowest BCUT2D eigenvalue weighted by molar-refractivity contribution is 0.385. The van der Waals surface area contributed by atoms with Gasteiger partial charge in [-0.15, -0.1) is 11.3 Å². The minimum Gasteiger partial charge on any atom is -0.345 e. The van der Waals surface area contributed by atoms with Gasteiger partial charge in [0.15, 0.2) is 5.13 Å². The molecule has 1 fully saturated rings. The van der Waals surface area contributed by atoms with Crippen molar-refractivity contribution in [1.29, 1.82) is 0 Å². The van der Waals surface area contributed by atoms with Gasteiger partial charge in [0.25, 0.3) is 0 Å². The Balaban J connectivity index is 1.48. The number of aromatic nitrogens is 1. The van der Waals surface area contributed by atoms with Gasteiger partial charge >= 0.3 is 0 Å². The Kier molecular flexibility index (Phi) is 6.51. The molecule has 0 spiro atoms. The van der Waals surface area contributed by atoms with Crippen LogP contribution in [0.15, 0.2) is 46.7 Å². The van der Waals surface area contributed by atoms with Crippen LogP contribution in [0.1, 0.15) is 0 Å². The zero-order valence-electron chi connectivity index (χ0n) is 15.4. The summed E-state index contributed by atoms with van der Waals surface area (Å²) in [4.78, 5) is 6.78. The van der Waals surface area contributed by atoms with E-state index >= 15 is 0 Å². The van der Waals surface area contributed by atoms with Crippen LogP contribution in [-0.2, 0) is 10.0 Å². The predicted octanol–water partition coefficient (Wildman–Crippen LogP) is 5.93. The van der Waals surface area contributed by atoms with Crippen molar-refractivity contribution in [2.24, 2.45) is 0 Å². The summed E-state index contributed by atoms with van der Waals surface area (Å²) in [6.07, 6.45) is 0. The molecule has 30 heavy (non-hydrogen) atoms. The molecule has 0 saturated carbocycles. The van der Waals surface area contributed by atoms with Crippen LogP contribution in [0.3, 0.4) is 0 Å². The van der Waals surface area contributed by atoms with Crippen LogP contribution in [0.2, 0.25) is 20.1 Å². The van der Waals surface area contributed by atoms with E-state index in [1.807, 2.05) is 11.4 Å². The molecule has 11 heteroatoms. The van der Waals surface area contributed by atoms with Crippen molar-refractivity contribution in [2.45, 2.75) is 4.90 Å². The molecule has 5 nitrogen and oxygen atoms in total. The molecular weight excluding hydrogens is 508 g/mol. The first kappa shape index (κ1) is 22.1. The molecule has 3 aromatic rings. The van der Waals surface area contributed by atoms with Gasteiger partial charge in [-0.2, -0.15) is 4.31 Å². The Morgan fingerprint density at radius 2 is 1.57 bits per heavy atom. The summed E-state index contributed by atoms with van der Waals surface area (Å²) in [6, 6.07) is 9.83. The Morgan fingerprint density at radius 1 is 0.867 bits per heavy atom. The van der Waals surface area contributed by atoms with E-state index < -0.39 is 10.0 Å². The molecule has 0 atom stereocenters. The second-order valence-corrected chi connectivity index (χ2v) is 11.0. The summed E-state index contributed by atoms with van der Waals surface area (Å²) in [5, 5.41) is 4.23. The number of rotatable bonds is 4. The summed E-state index contributed by atoms with van der Waals surface area (Å²) < 4.78 is 27.4. The van der Waals surface area contributed by atoms with Gasteiger partial charge in [-0.3, -0.25) is 0 Å². The van der Waals surface area contributed by atoms with Crippen LogP contribution in [0, 0.1) is 0 Å². The van der Waals surface area contributed by atoms with E-state index in [0.717, 1.165) is 16.4 Å². The third-order valence-electron chi connectivity index (χ3n) is 4.73. The van der Waals surface area contributed by atoms with Crippen molar-refractivity contribution >= 4 is 72.9 Å². The summed E-state index contributed by atoms with van der Waals surface area (Å²) >= 11 is 25.7. The first-order chi connectivity index (χ1) is 14.3. The second kappa shape index (κ2) is 8.82. The molecular formula is C19H15Cl4N3O2S2. The number of hydrogen-bond donors (Lipinski definition) is 0. The normalized spacial score (nSPS) is 15.5. The van der Waals surface area contributed by atoms with Crippen molar-refractivity contribution in [2.75, 3.05) is 31.1 Å². The fraction of sp³-hybridized carbons (Fsp3) is 0.211. The minimum atomic E-state index is -3.72. The van der Waals surface area contributed by atoms with Gasteiger partial charge < -0.3 is 4.90 Å². The van der Waals surface area contributed by atoms with E-state index in [0.29, 0.717) is 41.2 Å². The van der Waals surface area contributed by atoms with Gasteiger partial charge in [0, 0.05) is 42.1 Å². The molecule has 0 radical (unpaired) electrons. The summed E-state index contributed by atoms with van der Waals surface area (Å²) in [7, 11) is -3.72. The fourth-order valence-corrected chi connectivity index (χ4v) is 6.48. The third kappa shape index (κ3) is 4.43. The largest absolute Gasteiger partial charge is 0.345 e. The molecule has 2 aromatic carbocycles. The van der Waals surface area contributed by atoms with Crippen molar-refractivity contribution in [3.05, 3.63) is 61.9 Å². The molecule has 1 aliphatic rings. The third-order valence-corrected chi connectivity index (χ3v) is 8.98. The number of benzene rings is 2. The smallest absolute Gasteiger partial charge is 0.244 e. The molecule has 1 saturated heterocycles. The first-order valence-electron chi connectivity index (χ1n) is 8.87. The number of thiazole rings is 1. The van der Waals surface area contributed by atoms with Crippen LogP contribution in [0.5, 0.6) is 0 Å². The topological polar surface area (TPSA) is 53.5 Å². The van der Waals surface area contributed by atoms with Crippen LogP contribution in [0.4, 0.5) is 5.13 Å². The highest BCUT2D eigenvalue weighted by Crippen LogP contribution is 2.33. The van der Waals surface area contributed by atoms with Crippen molar-refractivity contribution in [3.8, 4) is 11.3 Å². The molecule has 0 unspecified atom stereocenters. The summed E-state index contributed by atoms with van der Waals surface area (Å²) in [6.45, 7) is 1.69. The highest BCUT2D eigenvalue weighted by molar-refractivity contribution is 7.89. The van der Waals surface area contributed by atoms with Gasteiger partial charge in [-0.1, -0.05) is 52.5 Å².